The zero-order chi connectivity index (χ0) is 11.4. The van der Waals surface area contributed by atoms with Crippen LogP contribution in [0.1, 0.15) is 32.1 Å². The summed E-state index contributed by atoms with van der Waals surface area (Å²) in [4.78, 5) is 6.93. The molecule has 1 heterocycles. The molecule has 0 aromatic rings. The van der Waals surface area contributed by atoms with Gasteiger partial charge in [0.2, 0.25) is 0 Å². The molecule has 0 bridgehead atoms. The number of hydrogen-bond acceptors (Lipinski definition) is 4. The third kappa shape index (κ3) is 2.72. The Morgan fingerprint density at radius 1 is 1.31 bits per heavy atom. The Hall–Kier alpha value is -0.220. The predicted octanol–water partition coefficient (Wildman–Crippen LogP) is 1.94. The minimum atomic E-state index is 0.376. The summed E-state index contributed by atoms with van der Waals surface area (Å²) in [5.41, 5.74) is 0.376. The first-order valence-electron chi connectivity index (χ1n) is 6.31. The first kappa shape index (κ1) is 12.2. The Kier molecular flexibility index (Phi) is 4.14. The van der Waals surface area contributed by atoms with Crippen molar-refractivity contribution in [2.45, 2.75) is 37.6 Å². The first-order valence-corrected chi connectivity index (χ1v) is 7.30. The van der Waals surface area contributed by atoms with E-state index in [1.54, 1.807) is 0 Å². The highest BCUT2D eigenvalue weighted by atomic mass is 32.2. The highest BCUT2D eigenvalue weighted by molar-refractivity contribution is 8.13. The molecule has 2 rings (SSSR count). The summed E-state index contributed by atoms with van der Waals surface area (Å²) < 4.78 is 0. The van der Waals surface area contributed by atoms with E-state index < -0.39 is 0 Å². The SMILES string of the molecule is CN(C)C1(CNC2=NCCCS2)CCCC1. The fraction of sp³-hybridized carbons (Fsp3) is 0.917. The Labute approximate surface area is 103 Å². The topological polar surface area (TPSA) is 27.6 Å². The van der Waals surface area contributed by atoms with Crippen molar-refractivity contribution in [2.24, 2.45) is 4.99 Å². The van der Waals surface area contributed by atoms with E-state index in [0.717, 1.165) is 13.1 Å². The van der Waals surface area contributed by atoms with Gasteiger partial charge in [0.25, 0.3) is 0 Å². The molecule has 0 aromatic heterocycles. The Morgan fingerprint density at radius 3 is 2.62 bits per heavy atom. The normalized spacial score (nSPS) is 24.6. The van der Waals surface area contributed by atoms with Gasteiger partial charge in [0, 0.05) is 24.4 Å². The van der Waals surface area contributed by atoms with Crippen LogP contribution in [-0.4, -0.2) is 48.5 Å². The predicted molar refractivity (Wildman–Crippen MR) is 72.3 cm³/mol. The van der Waals surface area contributed by atoms with E-state index in [2.05, 4.69) is 29.3 Å². The van der Waals surface area contributed by atoms with Crippen LogP contribution in [0.4, 0.5) is 0 Å². The van der Waals surface area contributed by atoms with E-state index in [9.17, 15) is 0 Å². The van der Waals surface area contributed by atoms with Crippen molar-refractivity contribution in [1.82, 2.24) is 10.2 Å². The fourth-order valence-electron chi connectivity index (χ4n) is 2.62. The molecule has 0 spiro atoms. The zero-order valence-corrected chi connectivity index (χ0v) is 11.3. The molecule has 0 unspecified atom stereocenters. The lowest BCUT2D eigenvalue weighted by molar-refractivity contribution is 0.161. The lowest BCUT2D eigenvalue weighted by atomic mass is 9.96. The van der Waals surface area contributed by atoms with Crippen LogP contribution in [0.5, 0.6) is 0 Å². The summed E-state index contributed by atoms with van der Waals surface area (Å²) in [6.07, 6.45) is 6.63. The molecule has 0 radical (unpaired) electrons. The number of amidine groups is 1. The van der Waals surface area contributed by atoms with Crippen LogP contribution in [0.15, 0.2) is 4.99 Å². The van der Waals surface area contributed by atoms with Crippen LogP contribution in [0.3, 0.4) is 0 Å². The van der Waals surface area contributed by atoms with E-state index in [-0.39, 0.29) is 0 Å². The van der Waals surface area contributed by atoms with Crippen LogP contribution in [-0.2, 0) is 0 Å². The summed E-state index contributed by atoms with van der Waals surface area (Å²) in [6.45, 7) is 2.07. The number of likely N-dealkylation sites (N-methyl/N-ethyl adjacent to an activating group) is 1. The second kappa shape index (κ2) is 5.41. The minimum Gasteiger partial charge on any atom is -0.363 e. The van der Waals surface area contributed by atoms with Gasteiger partial charge >= 0.3 is 0 Å². The number of nitrogens with zero attached hydrogens (tertiary/aromatic N) is 2. The second-order valence-corrected chi connectivity index (χ2v) is 6.15. The largest absolute Gasteiger partial charge is 0.363 e. The molecule has 0 saturated heterocycles. The van der Waals surface area contributed by atoms with Crippen molar-refractivity contribution in [2.75, 3.05) is 32.9 Å². The molecule has 4 heteroatoms. The number of hydrogen-bond donors (Lipinski definition) is 1. The first-order chi connectivity index (χ1) is 7.73. The van der Waals surface area contributed by atoms with Gasteiger partial charge in [-0.25, -0.2) is 0 Å². The van der Waals surface area contributed by atoms with Crippen molar-refractivity contribution in [3.05, 3.63) is 0 Å². The van der Waals surface area contributed by atoms with Gasteiger partial charge in [-0.3, -0.25) is 4.99 Å². The second-order valence-electron chi connectivity index (χ2n) is 5.07. The molecule has 1 aliphatic heterocycles. The van der Waals surface area contributed by atoms with E-state index in [4.69, 9.17) is 0 Å². The van der Waals surface area contributed by atoms with Gasteiger partial charge in [0.15, 0.2) is 5.17 Å². The molecule has 1 saturated carbocycles. The van der Waals surface area contributed by atoms with E-state index in [1.807, 2.05) is 11.8 Å². The molecule has 3 nitrogen and oxygen atoms in total. The number of rotatable bonds is 3. The average Bonchev–Trinajstić information content (AvgIpc) is 2.78. The van der Waals surface area contributed by atoms with Crippen molar-refractivity contribution in [3.8, 4) is 0 Å². The zero-order valence-electron chi connectivity index (χ0n) is 10.5. The van der Waals surface area contributed by atoms with Crippen molar-refractivity contribution in [1.29, 1.82) is 0 Å². The molecule has 16 heavy (non-hydrogen) atoms. The smallest absolute Gasteiger partial charge is 0.156 e. The highest BCUT2D eigenvalue weighted by Crippen LogP contribution is 2.33. The molecule has 0 aromatic carbocycles. The van der Waals surface area contributed by atoms with Gasteiger partial charge in [0.05, 0.1) is 0 Å². The molecular weight excluding hydrogens is 218 g/mol. The third-order valence-electron chi connectivity index (χ3n) is 3.85. The summed E-state index contributed by atoms with van der Waals surface area (Å²) in [5.74, 6) is 1.22. The summed E-state index contributed by atoms with van der Waals surface area (Å²) in [5, 5.41) is 4.72. The molecule has 1 fully saturated rings. The van der Waals surface area contributed by atoms with Gasteiger partial charge in [-0.15, -0.1) is 0 Å². The van der Waals surface area contributed by atoms with E-state index in [0.29, 0.717) is 5.54 Å². The maximum Gasteiger partial charge on any atom is 0.156 e. The Morgan fingerprint density at radius 2 is 2.06 bits per heavy atom. The Bertz CT molecular complexity index is 257. The van der Waals surface area contributed by atoms with Crippen LogP contribution < -0.4 is 5.32 Å². The third-order valence-corrected chi connectivity index (χ3v) is 4.89. The lowest BCUT2D eigenvalue weighted by Crippen LogP contribution is -2.50. The molecule has 2 aliphatic rings. The highest BCUT2D eigenvalue weighted by Gasteiger charge is 2.35. The number of nitrogens with one attached hydrogen (secondary N) is 1. The van der Waals surface area contributed by atoms with E-state index in [1.165, 1.54) is 43.0 Å². The lowest BCUT2D eigenvalue weighted by Gasteiger charge is -2.37. The summed E-state index contributed by atoms with van der Waals surface area (Å²) >= 11 is 1.88. The molecule has 0 amide bonds. The maximum absolute atomic E-state index is 4.53. The van der Waals surface area contributed by atoms with Gasteiger partial charge in [-0.2, -0.15) is 0 Å². The molecule has 92 valence electrons. The standard InChI is InChI=1S/C12H23N3S/c1-15(2)12(6-3-4-7-12)10-14-11-13-8-5-9-16-11/h3-10H2,1-2H3,(H,13,14). The monoisotopic (exact) mass is 241 g/mol. The van der Waals surface area contributed by atoms with Crippen LogP contribution in [0, 0.1) is 0 Å². The van der Waals surface area contributed by atoms with Gasteiger partial charge in [-0.05, 0) is 33.4 Å². The minimum absolute atomic E-state index is 0.376. The van der Waals surface area contributed by atoms with Crippen LogP contribution in [0.25, 0.3) is 0 Å². The van der Waals surface area contributed by atoms with Crippen molar-refractivity contribution >= 4 is 16.9 Å². The fourth-order valence-corrected chi connectivity index (χ4v) is 3.45. The quantitative estimate of drug-likeness (QED) is 0.818. The number of aliphatic imine (C=N–C) groups is 1. The molecule has 1 aliphatic carbocycles. The molecule has 1 N–H and O–H groups in total. The maximum atomic E-state index is 4.53. The van der Waals surface area contributed by atoms with Crippen molar-refractivity contribution in [3.63, 3.8) is 0 Å². The van der Waals surface area contributed by atoms with Crippen LogP contribution >= 0.6 is 11.8 Å². The number of thioether (sulfide) groups is 1. The van der Waals surface area contributed by atoms with Gasteiger partial charge in [0.1, 0.15) is 0 Å². The summed E-state index contributed by atoms with van der Waals surface area (Å²) in [6, 6.07) is 0. The van der Waals surface area contributed by atoms with Gasteiger partial charge < -0.3 is 10.2 Å². The van der Waals surface area contributed by atoms with Gasteiger partial charge in [-0.1, -0.05) is 24.6 Å². The van der Waals surface area contributed by atoms with E-state index >= 15 is 0 Å². The van der Waals surface area contributed by atoms with Crippen LogP contribution in [0.2, 0.25) is 0 Å². The average molecular weight is 241 g/mol. The van der Waals surface area contributed by atoms with Crippen molar-refractivity contribution < 1.29 is 0 Å². The Balaban J connectivity index is 1.89. The molecule has 0 atom stereocenters. The molecular formula is C12H23N3S. The summed E-state index contributed by atoms with van der Waals surface area (Å²) in [7, 11) is 4.42.